The van der Waals surface area contributed by atoms with E-state index in [1.807, 2.05) is 0 Å². The van der Waals surface area contributed by atoms with E-state index >= 15 is 0 Å². The summed E-state index contributed by atoms with van der Waals surface area (Å²) in [6.45, 7) is 0.243. The van der Waals surface area contributed by atoms with Crippen molar-refractivity contribution in [3.63, 3.8) is 0 Å². The molecule has 0 saturated carbocycles. The first-order chi connectivity index (χ1) is 10.2. The molecular formula is C13H15N3O5. The van der Waals surface area contributed by atoms with E-state index in [0.717, 1.165) is 0 Å². The van der Waals surface area contributed by atoms with Gasteiger partial charge in [-0.2, -0.15) is 4.98 Å². The first kappa shape index (κ1) is 14.8. The maximum Gasteiger partial charge on any atom is 0.307 e. The van der Waals surface area contributed by atoms with Gasteiger partial charge in [0.15, 0.2) is 5.76 Å². The molecule has 0 aliphatic rings. The van der Waals surface area contributed by atoms with Crippen LogP contribution in [0.4, 0.5) is 0 Å². The molecule has 0 spiro atoms. The summed E-state index contributed by atoms with van der Waals surface area (Å²) in [5.74, 6) is 0.644. The summed E-state index contributed by atoms with van der Waals surface area (Å²) in [7, 11) is 1.30. The monoisotopic (exact) mass is 293 g/mol. The number of aryl methyl sites for hydroxylation is 1. The molecule has 1 amide bonds. The van der Waals surface area contributed by atoms with Crippen molar-refractivity contribution < 1.29 is 23.3 Å². The lowest BCUT2D eigenvalue weighted by Crippen LogP contribution is -2.26. The second-order valence-corrected chi connectivity index (χ2v) is 4.17. The highest BCUT2D eigenvalue weighted by Gasteiger charge is 2.12. The smallest absolute Gasteiger partial charge is 0.307 e. The van der Waals surface area contributed by atoms with Crippen molar-refractivity contribution in [1.82, 2.24) is 15.5 Å². The molecule has 2 aromatic heterocycles. The van der Waals surface area contributed by atoms with Gasteiger partial charge in [0, 0.05) is 19.4 Å². The maximum atomic E-state index is 11.6. The van der Waals surface area contributed by atoms with Crippen LogP contribution in [0.15, 0.2) is 27.3 Å². The Labute approximate surface area is 120 Å². The van der Waals surface area contributed by atoms with Crippen molar-refractivity contribution in [3.8, 4) is 11.6 Å². The van der Waals surface area contributed by atoms with Crippen LogP contribution in [0.3, 0.4) is 0 Å². The molecule has 0 unspecified atom stereocenters. The summed E-state index contributed by atoms with van der Waals surface area (Å²) in [5, 5.41) is 6.36. The van der Waals surface area contributed by atoms with E-state index in [1.54, 1.807) is 12.1 Å². The number of esters is 1. The van der Waals surface area contributed by atoms with E-state index in [4.69, 9.17) is 8.94 Å². The Hall–Kier alpha value is -2.64. The number of rotatable bonds is 7. The Morgan fingerprint density at radius 3 is 2.95 bits per heavy atom. The van der Waals surface area contributed by atoms with E-state index in [9.17, 15) is 9.59 Å². The third kappa shape index (κ3) is 4.44. The number of hydrogen-bond donors (Lipinski definition) is 1. The molecule has 0 aliphatic heterocycles. The summed E-state index contributed by atoms with van der Waals surface area (Å²) < 4.78 is 14.6. The number of furan rings is 1. The normalized spacial score (nSPS) is 10.3. The molecule has 0 bridgehead atoms. The molecule has 2 aromatic rings. The van der Waals surface area contributed by atoms with Gasteiger partial charge in [-0.1, -0.05) is 5.16 Å². The van der Waals surface area contributed by atoms with Gasteiger partial charge >= 0.3 is 5.97 Å². The largest absolute Gasteiger partial charge is 0.469 e. The molecule has 112 valence electrons. The molecular weight excluding hydrogens is 278 g/mol. The number of hydrogen-bond acceptors (Lipinski definition) is 7. The number of aromatic nitrogens is 2. The molecule has 0 saturated heterocycles. The van der Waals surface area contributed by atoms with Crippen LogP contribution in [0.2, 0.25) is 0 Å². The standard InChI is InChI=1S/C13H15N3O5/c1-19-12(18)6-7-14-10(17)4-5-11-15-13(16-21-11)9-3-2-8-20-9/h2-3,8H,4-7H2,1H3,(H,14,17). The minimum atomic E-state index is -0.365. The predicted molar refractivity (Wildman–Crippen MR) is 70.0 cm³/mol. The highest BCUT2D eigenvalue weighted by molar-refractivity contribution is 5.77. The Morgan fingerprint density at radius 2 is 2.24 bits per heavy atom. The topological polar surface area (TPSA) is 107 Å². The lowest BCUT2D eigenvalue weighted by molar-refractivity contribution is -0.140. The van der Waals surface area contributed by atoms with Gasteiger partial charge in [-0.3, -0.25) is 9.59 Å². The average molecular weight is 293 g/mol. The fourth-order valence-corrected chi connectivity index (χ4v) is 1.58. The van der Waals surface area contributed by atoms with Crippen molar-refractivity contribution >= 4 is 11.9 Å². The Morgan fingerprint density at radius 1 is 1.38 bits per heavy atom. The van der Waals surface area contributed by atoms with Gasteiger partial charge in [0.2, 0.25) is 17.6 Å². The summed E-state index contributed by atoms with van der Waals surface area (Å²) in [6.07, 6.45) is 2.17. The molecule has 0 aliphatic carbocycles. The van der Waals surface area contributed by atoms with Gasteiger partial charge < -0.3 is 19.0 Å². The van der Waals surface area contributed by atoms with Gasteiger partial charge in [-0.15, -0.1) is 0 Å². The molecule has 0 radical (unpaired) electrons. The van der Waals surface area contributed by atoms with Gasteiger partial charge in [-0.25, -0.2) is 0 Å². The van der Waals surface area contributed by atoms with Crippen LogP contribution in [0, 0.1) is 0 Å². The van der Waals surface area contributed by atoms with Gasteiger partial charge in [0.1, 0.15) is 0 Å². The molecule has 8 heteroatoms. The molecule has 0 fully saturated rings. The van der Waals surface area contributed by atoms with Crippen molar-refractivity contribution in [3.05, 3.63) is 24.3 Å². The van der Waals surface area contributed by atoms with Gasteiger partial charge in [-0.05, 0) is 12.1 Å². The molecule has 2 heterocycles. The van der Waals surface area contributed by atoms with E-state index < -0.39 is 0 Å². The van der Waals surface area contributed by atoms with Crippen LogP contribution >= 0.6 is 0 Å². The van der Waals surface area contributed by atoms with Crippen LogP contribution in [0.5, 0.6) is 0 Å². The zero-order valence-electron chi connectivity index (χ0n) is 11.5. The predicted octanol–water partition coefficient (Wildman–Crippen LogP) is 0.942. The van der Waals surface area contributed by atoms with E-state index in [2.05, 4.69) is 20.2 Å². The van der Waals surface area contributed by atoms with E-state index in [1.165, 1.54) is 13.4 Å². The summed E-state index contributed by atoms with van der Waals surface area (Å²) >= 11 is 0. The van der Waals surface area contributed by atoms with Crippen LogP contribution < -0.4 is 5.32 Å². The average Bonchev–Trinajstić information content (AvgIpc) is 3.15. The highest BCUT2D eigenvalue weighted by Crippen LogP contribution is 2.16. The molecule has 0 atom stereocenters. The third-order valence-corrected chi connectivity index (χ3v) is 2.65. The SMILES string of the molecule is COC(=O)CCNC(=O)CCc1nc(-c2ccco2)no1. The third-order valence-electron chi connectivity index (χ3n) is 2.65. The Bertz CT molecular complexity index is 591. The summed E-state index contributed by atoms with van der Waals surface area (Å²) in [5.41, 5.74) is 0. The molecule has 0 aromatic carbocycles. The lowest BCUT2D eigenvalue weighted by Gasteiger charge is -2.02. The first-order valence-electron chi connectivity index (χ1n) is 6.39. The van der Waals surface area contributed by atoms with Crippen LogP contribution in [0.1, 0.15) is 18.7 Å². The number of carbonyl (C=O) groups is 2. The van der Waals surface area contributed by atoms with Crippen molar-refractivity contribution in [2.24, 2.45) is 0 Å². The van der Waals surface area contributed by atoms with Crippen molar-refractivity contribution in [2.45, 2.75) is 19.3 Å². The Kier molecular flexibility index (Phi) is 5.08. The van der Waals surface area contributed by atoms with E-state index in [-0.39, 0.29) is 31.3 Å². The number of carbonyl (C=O) groups excluding carboxylic acids is 2. The second-order valence-electron chi connectivity index (χ2n) is 4.17. The first-order valence-corrected chi connectivity index (χ1v) is 6.39. The van der Waals surface area contributed by atoms with Crippen molar-refractivity contribution in [2.75, 3.05) is 13.7 Å². The molecule has 8 nitrogen and oxygen atoms in total. The lowest BCUT2D eigenvalue weighted by atomic mass is 10.3. The fraction of sp³-hybridized carbons (Fsp3) is 0.385. The number of amides is 1. The quantitative estimate of drug-likeness (QED) is 0.757. The van der Waals surface area contributed by atoms with E-state index in [0.29, 0.717) is 23.9 Å². The number of nitrogens with one attached hydrogen (secondary N) is 1. The number of methoxy groups -OCH3 is 1. The number of ether oxygens (including phenoxy) is 1. The van der Waals surface area contributed by atoms with Gasteiger partial charge in [0.25, 0.3) is 0 Å². The summed E-state index contributed by atoms with van der Waals surface area (Å²) in [6, 6.07) is 3.44. The van der Waals surface area contributed by atoms with Crippen LogP contribution in [-0.4, -0.2) is 35.7 Å². The Balaban J connectivity index is 1.73. The zero-order chi connectivity index (χ0) is 15.1. The fourth-order valence-electron chi connectivity index (χ4n) is 1.58. The zero-order valence-corrected chi connectivity index (χ0v) is 11.5. The molecule has 2 rings (SSSR count). The van der Waals surface area contributed by atoms with Gasteiger partial charge in [0.05, 0.1) is 19.8 Å². The second kappa shape index (κ2) is 7.22. The van der Waals surface area contributed by atoms with Crippen LogP contribution in [0.25, 0.3) is 11.6 Å². The molecule has 1 N–H and O–H groups in total. The van der Waals surface area contributed by atoms with Crippen molar-refractivity contribution in [1.29, 1.82) is 0 Å². The minimum absolute atomic E-state index is 0.144. The number of nitrogens with zero attached hydrogens (tertiary/aromatic N) is 2. The highest BCUT2D eigenvalue weighted by atomic mass is 16.5. The summed E-state index contributed by atoms with van der Waals surface area (Å²) in [4.78, 5) is 26.5. The maximum absolute atomic E-state index is 11.6. The van der Waals surface area contributed by atoms with Crippen LogP contribution in [-0.2, 0) is 20.7 Å². The minimum Gasteiger partial charge on any atom is -0.469 e. The molecule has 21 heavy (non-hydrogen) atoms.